The van der Waals surface area contributed by atoms with E-state index in [1.807, 2.05) is 54.6 Å². The van der Waals surface area contributed by atoms with Crippen LogP contribution < -0.4 is 15.4 Å². The van der Waals surface area contributed by atoms with Gasteiger partial charge in [-0.3, -0.25) is 4.79 Å². The molecule has 0 saturated heterocycles. The van der Waals surface area contributed by atoms with E-state index in [1.54, 1.807) is 25.4 Å². The summed E-state index contributed by atoms with van der Waals surface area (Å²) in [5.74, 6) is 1.79. The zero-order chi connectivity index (χ0) is 18.9. The van der Waals surface area contributed by atoms with Gasteiger partial charge in [0.25, 0.3) is 5.91 Å². The van der Waals surface area contributed by atoms with Gasteiger partial charge in [0.2, 0.25) is 0 Å². The van der Waals surface area contributed by atoms with Gasteiger partial charge >= 0.3 is 0 Å². The van der Waals surface area contributed by atoms with Crippen molar-refractivity contribution in [3.8, 4) is 11.5 Å². The van der Waals surface area contributed by atoms with E-state index in [2.05, 4.69) is 15.6 Å². The molecular weight excluding hydrogens is 342 g/mol. The molecule has 2 N–H and O–H groups in total. The van der Waals surface area contributed by atoms with Crippen molar-refractivity contribution in [3.05, 3.63) is 78.5 Å². The topological polar surface area (TPSA) is 72.5 Å². The Hall–Kier alpha value is -3.38. The molecular formula is C21H21N3O3. The summed E-state index contributed by atoms with van der Waals surface area (Å²) >= 11 is 0. The molecule has 0 aliphatic carbocycles. The summed E-state index contributed by atoms with van der Waals surface area (Å²) in [6, 6.07) is 20.5. The first-order valence-electron chi connectivity index (χ1n) is 8.58. The number of carbonyl (C=O) groups is 1. The maximum atomic E-state index is 12.2. The SMILES string of the molecule is COCCNC(=O)c1ccnc(Nc2ccccc2Oc2ccccc2)c1. The minimum Gasteiger partial charge on any atom is -0.455 e. The fraction of sp³-hybridized carbons (Fsp3) is 0.143. The minimum atomic E-state index is -0.175. The second-order valence-corrected chi connectivity index (χ2v) is 5.71. The highest BCUT2D eigenvalue weighted by Gasteiger charge is 2.09. The molecule has 0 fully saturated rings. The summed E-state index contributed by atoms with van der Waals surface area (Å²) in [6.45, 7) is 0.917. The smallest absolute Gasteiger partial charge is 0.251 e. The molecule has 1 aromatic heterocycles. The van der Waals surface area contributed by atoms with Crippen molar-refractivity contribution < 1.29 is 14.3 Å². The van der Waals surface area contributed by atoms with Crippen LogP contribution in [0.25, 0.3) is 0 Å². The third-order valence-corrected chi connectivity index (χ3v) is 3.73. The molecule has 0 bridgehead atoms. The summed E-state index contributed by atoms with van der Waals surface area (Å²) in [5, 5.41) is 6.01. The van der Waals surface area contributed by atoms with E-state index in [4.69, 9.17) is 9.47 Å². The quantitative estimate of drug-likeness (QED) is 0.592. The van der Waals surface area contributed by atoms with Gasteiger partial charge in [-0.2, -0.15) is 0 Å². The first-order chi connectivity index (χ1) is 13.3. The van der Waals surface area contributed by atoms with Crippen LogP contribution in [0.2, 0.25) is 0 Å². The van der Waals surface area contributed by atoms with Gasteiger partial charge in [-0.05, 0) is 36.4 Å². The van der Waals surface area contributed by atoms with Crippen molar-refractivity contribution in [1.82, 2.24) is 10.3 Å². The van der Waals surface area contributed by atoms with E-state index < -0.39 is 0 Å². The second kappa shape index (κ2) is 9.35. The predicted molar refractivity (Wildman–Crippen MR) is 105 cm³/mol. The molecule has 3 rings (SSSR count). The van der Waals surface area contributed by atoms with Gasteiger partial charge in [-0.1, -0.05) is 30.3 Å². The number of pyridine rings is 1. The molecule has 138 valence electrons. The Labute approximate surface area is 158 Å². The number of amides is 1. The number of hydrogen-bond acceptors (Lipinski definition) is 5. The molecule has 0 aliphatic rings. The van der Waals surface area contributed by atoms with E-state index in [0.29, 0.717) is 30.3 Å². The summed E-state index contributed by atoms with van der Waals surface area (Å²) in [5.41, 5.74) is 1.27. The number of ether oxygens (including phenoxy) is 2. The van der Waals surface area contributed by atoms with Crippen LogP contribution in [-0.2, 0) is 4.74 Å². The number of benzene rings is 2. The molecule has 0 unspecified atom stereocenters. The number of rotatable bonds is 8. The first-order valence-corrected chi connectivity index (χ1v) is 8.58. The van der Waals surface area contributed by atoms with E-state index in [-0.39, 0.29) is 5.91 Å². The van der Waals surface area contributed by atoms with Crippen molar-refractivity contribution in [1.29, 1.82) is 0 Å². The fourth-order valence-corrected chi connectivity index (χ4v) is 2.42. The fourth-order valence-electron chi connectivity index (χ4n) is 2.42. The summed E-state index contributed by atoms with van der Waals surface area (Å²) < 4.78 is 10.9. The molecule has 6 nitrogen and oxygen atoms in total. The van der Waals surface area contributed by atoms with Crippen LogP contribution in [0.15, 0.2) is 72.9 Å². The van der Waals surface area contributed by atoms with Crippen molar-refractivity contribution in [2.24, 2.45) is 0 Å². The Morgan fingerprint density at radius 1 is 1.04 bits per heavy atom. The number of anilines is 2. The Kier molecular flexibility index (Phi) is 6.38. The van der Waals surface area contributed by atoms with Crippen LogP contribution in [0.1, 0.15) is 10.4 Å². The molecule has 0 saturated carbocycles. The highest BCUT2D eigenvalue weighted by molar-refractivity contribution is 5.94. The number of methoxy groups -OCH3 is 1. The van der Waals surface area contributed by atoms with E-state index in [1.165, 1.54) is 0 Å². The molecule has 6 heteroatoms. The van der Waals surface area contributed by atoms with Crippen LogP contribution in [0, 0.1) is 0 Å². The first kappa shape index (κ1) is 18.4. The van der Waals surface area contributed by atoms with Crippen LogP contribution in [0.5, 0.6) is 11.5 Å². The zero-order valence-electron chi connectivity index (χ0n) is 15.0. The Morgan fingerprint density at radius 3 is 2.63 bits per heavy atom. The Bertz CT molecular complexity index is 885. The van der Waals surface area contributed by atoms with Crippen LogP contribution in [0.3, 0.4) is 0 Å². The maximum absolute atomic E-state index is 12.2. The highest BCUT2D eigenvalue weighted by Crippen LogP contribution is 2.31. The third kappa shape index (κ3) is 5.29. The lowest BCUT2D eigenvalue weighted by molar-refractivity contribution is 0.0937. The largest absolute Gasteiger partial charge is 0.455 e. The molecule has 3 aromatic rings. The van der Waals surface area contributed by atoms with Gasteiger partial charge in [-0.25, -0.2) is 4.98 Å². The van der Waals surface area contributed by atoms with E-state index in [0.717, 1.165) is 11.4 Å². The van der Waals surface area contributed by atoms with E-state index in [9.17, 15) is 4.79 Å². The molecule has 0 aliphatic heterocycles. The van der Waals surface area contributed by atoms with Crippen molar-refractivity contribution in [2.45, 2.75) is 0 Å². The number of aromatic nitrogens is 1. The average molecular weight is 363 g/mol. The zero-order valence-corrected chi connectivity index (χ0v) is 15.0. The van der Waals surface area contributed by atoms with Crippen molar-refractivity contribution in [3.63, 3.8) is 0 Å². The van der Waals surface area contributed by atoms with Gasteiger partial charge in [-0.15, -0.1) is 0 Å². The van der Waals surface area contributed by atoms with Crippen molar-refractivity contribution >= 4 is 17.4 Å². The van der Waals surface area contributed by atoms with Gasteiger partial charge in [0, 0.05) is 25.4 Å². The molecule has 1 heterocycles. The predicted octanol–water partition coefficient (Wildman–Crippen LogP) is 3.99. The number of para-hydroxylation sites is 3. The van der Waals surface area contributed by atoms with Crippen molar-refractivity contribution in [2.75, 3.05) is 25.6 Å². The van der Waals surface area contributed by atoms with Gasteiger partial charge in [0.1, 0.15) is 11.6 Å². The third-order valence-electron chi connectivity index (χ3n) is 3.73. The lowest BCUT2D eigenvalue weighted by Gasteiger charge is -2.13. The standard InChI is InChI=1S/C21H21N3O3/c1-26-14-13-23-21(25)16-11-12-22-20(15-16)24-18-9-5-6-10-19(18)27-17-7-3-2-4-8-17/h2-12,15H,13-14H2,1H3,(H,22,24)(H,23,25). The molecule has 0 atom stereocenters. The average Bonchev–Trinajstić information content (AvgIpc) is 2.71. The summed E-state index contributed by atoms with van der Waals surface area (Å²) in [7, 11) is 1.59. The van der Waals surface area contributed by atoms with Gasteiger partial charge in [0.15, 0.2) is 5.75 Å². The van der Waals surface area contributed by atoms with E-state index >= 15 is 0 Å². The van der Waals surface area contributed by atoms with Gasteiger partial charge in [0.05, 0.1) is 12.3 Å². The lowest BCUT2D eigenvalue weighted by Crippen LogP contribution is -2.27. The minimum absolute atomic E-state index is 0.175. The number of hydrogen-bond donors (Lipinski definition) is 2. The van der Waals surface area contributed by atoms with Crippen LogP contribution >= 0.6 is 0 Å². The molecule has 0 radical (unpaired) electrons. The number of nitrogens with one attached hydrogen (secondary N) is 2. The lowest BCUT2D eigenvalue weighted by atomic mass is 10.2. The molecule has 1 amide bonds. The molecule has 27 heavy (non-hydrogen) atoms. The second-order valence-electron chi connectivity index (χ2n) is 5.71. The van der Waals surface area contributed by atoms with Crippen LogP contribution in [0.4, 0.5) is 11.5 Å². The Balaban J connectivity index is 1.74. The number of nitrogens with zero attached hydrogens (tertiary/aromatic N) is 1. The van der Waals surface area contributed by atoms with Crippen LogP contribution in [-0.4, -0.2) is 31.2 Å². The molecule has 0 spiro atoms. The normalized spacial score (nSPS) is 10.3. The highest BCUT2D eigenvalue weighted by atomic mass is 16.5. The molecule has 2 aromatic carbocycles. The summed E-state index contributed by atoms with van der Waals surface area (Å²) in [4.78, 5) is 16.5. The monoisotopic (exact) mass is 363 g/mol. The van der Waals surface area contributed by atoms with Gasteiger partial charge < -0.3 is 20.1 Å². The Morgan fingerprint density at radius 2 is 1.81 bits per heavy atom. The summed E-state index contributed by atoms with van der Waals surface area (Å²) in [6.07, 6.45) is 1.59. The number of carbonyl (C=O) groups excluding carboxylic acids is 1. The maximum Gasteiger partial charge on any atom is 0.251 e.